The van der Waals surface area contributed by atoms with Crippen LogP contribution >= 0.6 is 24.0 Å². The van der Waals surface area contributed by atoms with E-state index in [1.165, 1.54) is 0 Å². The fourth-order valence-corrected chi connectivity index (χ4v) is 3.19. The molecule has 2 aliphatic rings. The molecule has 0 bridgehead atoms. The standard InChI is InChI=1S/C18H34N4O3.HI/c1-3-19-18(20-9-5-6-14-24-4-2)22-12-10-21(11-13-22)17(23)16-8-7-15-25-16;/h16H,3-15H2,1-2H3,(H,19,20);1H. The molecule has 26 heavy (non-hydrogen) atoms. The molecule has 2 saturated heterocycles. The van der Waals surface area contributed by atoms with E-state index in [0.717, 1.165) is 90.7 Å². The molecule has 8 heteroatoms. The Morgan fingerprint density at radius 2 is 1.92 bits per heavy atom. The molecule has 0 aliphatic carbocycles. The number of carbonyl (C=O) groups excluding carboxylic acids is 1. The molecule has 0 spiro atoms. The lowest BCUT2D eigenvalue weighted by molar-refractivity contribution is -0.142. The van der Waals surface area contributed by atoms with Gasteiger partial charge in [0.1, 0.15) is 6.10 Å². The zero-order chi connectivity index (χ0) is 17.9. The number of aliphatic imine (C=N–C) groups is 1. The number of nitrogens with one attached hydrogen (secondary N) is 1. The lowest BCUT2D eigenvalue weighted by atomic mass is 10.2. The van der Waals surface area contributed by atoms with Crippen molar-refractivity contribution in [1.82, 2.24) is 15.1 Å². The predicted octanol–water partition coefficient (Wildman–Crippen LogP) is 1.71. The lowest BCUT2D eigenvalue weighted by Crippen LogP contribution is -2.55. The number of hydrogen-bond donors (Lipinski definition) is 1. The lowest BCUT2D eigenvalue weighted by Gasteiger charge is -2.37. The molecule has 0 aromatic rings. The van der Waals surface area contributed by atoms with E-state index in [2.05, 4.69) is 17.1 Å². The summed E-state index contributed by atoms with van der Waals surface area (Å²) in [6.45, 7) is 11.2. The van der Waals surface area contributed by atoms with E-state index in [4.69, 9.17) is 14.5 Å². The van der Waals surface area contributed by atoms with Crippen molar-refractivity contribution < 1.29 is 14.3 Å². The molecule has 1 N–H and O–H groups in total. The van der Waals surface area contributed by atoms with Crippen LogP contribution in [0.3, 0.4) is 0 Å². The van der Waals surface area contributed by atoms with Gasteiger partial charge in [0.25, 0.3) is 5.91 Å². The molecular weight excluding hydrogens is 447 g/mol. The highest BCUT2D eigenvalue weighted by Crippen LogP contribution is 2.16. The first-order chi connectivity index (χ1) is 12.3. The van der Waals surface area contributed by atoms with E-state index in [9.17, 15) is 4.79 Å². The summed E-state index contributed by atoms with van der Waals surface area (Å²) in [5.74, 6) is 1.12. The van der Waals surface area contributed by atoms with Crippen molar-refractivity contribution >= 4 is 35.8 Å². The van der Waals surface area contributed by atoms with Crippen LogP contribution in [-0.2, 0) is 14.3 Å². The topological polar surface area (TPSA) is 66.4 Å². The number of rotatable bonds is 8. The summed E-state index contributed by atoms with van der Waals surface area (Å²) >= 11 is 0. The largest absolute Gasteiger partial charge is 0.382 e. The number of hydrogen-bond acceptors (Lipinski definition) is 4. The minimum atomic E-state index is -0.209. The van der Waals surface area contributed by atoms with Crippen LogP contribution in [0.5, 0.6) is 0 Å². The SMILES string of the molecule is CCNC(=NCCCCOCC)N1CCN(C(=O)C2CCCO2)CC1.I. The number of ether oxygens (including phenoxy) is 2. The van der Waals surface area contributed by atoms with Gasteiger partial charge in [-0.3, -0.25) is 9.79 Å². The number of guanidine groups is 1. The van der Waals surface area contributed by atoms with E-state index in [1.54, 1.807) is 0 Å². The fraction of sp³-hybridized carbons (Fsp3) is 0.889. The summed E-state index contributed by atoms with van der Waals surface area (Å²) in [4.78, 5) is 21.4. The van der Waals surface area contributed by atoms with Crippen LogP contribution in [0.1, 0.15) is 39.5 Å². The summed E-state index contributed by atoms with van der Waals surface area (Å²) in [5.41, 5.74) is 0. The molecule has 0 aromatic carbocycles. The Morgan fingerprint density at radius 1 is 1.19 bits per heavy atom. The predicted molar refractivity (Wildman–Crippen MR) is 114 cm³/mol. The minimum Gasteiger partial charge on any atom is -0.382 e. The molecule has 1 atom stereocenters. The maximum atomic E-state index is 12.4. The first kappa shape index (κ1) is 23.4. The van der Waals surface area contributed by atoms with E-state index < -0.39 is 0 Å². The summed E-state index contributed by atoms with van der Waals surface area (Å²) < 4.78 is 10.9. The van der Waals surface area contributed by atoms with E-state index in [-0.39, 0.29) is 36.0 Å². The average Bonchev–Trinajstić information content (AvgIpc) is 3.18. The van der Waals surface area contributed by atoms with Gasteiger partial charge >= 0.3 is 0 Å². The van der Waals surface area contributed by atoms with Crippen molar-refractivity contribution in [2.45, 2.75) is 45.6 Å². The van der Waals surface area contributed by atoms with Gasteiger partial charge in [0.05, 0.1) is 0 Å². The highest BCUT2D eigenvalue weighted by Gasteiger charge is 2.30. The molecule has 1 amide bonds. The Balaban J connectivity index is 0.00000338. The first-order valence-electron chi connectivity index (χ1n) is 9.77. The van der Waals surface area contributed by atoms with Crippen molar-refractivity contribution in [1.29, 1.82) is 0 Å². The number of piperazine rings is 1. The minimum absolute atomic E-state index is 0. The van der Waals surface area contributed by atoms with Crippen molar-refractivity contribution in [3.05, 3.63) is 0 Å². The third-order valence-corrected chi connectivity index (χ3v) is 4.59. The first-order valence-corrected chi connectivity index (χ1v) is 9.77. The van der Waals surface area contributed by atoms with Crippen molar-refractivity contribution in [2.75, 3.05) is 59.1 Å². The number of halogens is 1. The number of amides is 1. The van der Waals surface area contributed by atoms with Crippen molar-refractivity contribution in [3.8, 4) is 0 Å². The van der Waals surface area contributed by atoms with Crippen LogP contribution in [0, 0.1) is 0 Å². The molecule has 1 unspecified atom stereocenters. The molecule has 2 aliphatic heterocycles. The molecule has 0 aromatic heterocycles. The molecule has 2 fully saturated rings. The molecule has 152 valence electrons. The number of unbranched alkanes of at least 4 members (excludes halogenated alkanes) is 1. The van der Waals surface area contributed by atoms with Gasteiger partial charge in [-0.1, -0.05) is 0 Å². The van der Waals surface area contributed by atoms with Crippen LogP contribution in [0.25, 0.3) is 0 Å². The third-order valence-electron chi connectivity index (χ3n) is 4.59. The maximum Gasteiger partial charge on any atom is 0.251 e. The van der Waals surface area contributed by atoms with Gasteiger partial charge in [0.15, 0.2) is 5.96 Å². The van der Waals surface area contributed by atoms with Crippen LogP contribution in [0.15, 0.2) is 4.99 Å². The van der Waals surface area contributed by atoms with Crippen LogP contribution in [-0.4, -0.2) is 86.9 Å². The maximum absolute atomic E-state index is 12.4. The van der Waals surface area contributed by atoms with E-state index in [1.807, 2.05) is 11.8 Å². The van der Waals surface area contributed by atoms with E-state index in [0.29, 0.717) is 0 Å². The van der Waals surface area contributed by atoms with Crippen LogP contribution in [0.4, 0.5) is 0 Å². The second kappa shape index (κ2) is 13.5. The van der Waals surface area contributed by atoms with Gasteiger partial charge in [-0.25, -0.2) is 0 Å². The summed E-state index contributed by atoms with van der Waals surface area (Å²) in [5, 5.41) is 3.37. The molecule has 0 radical (unpaired) electrons. The highest BCUT2D eigenvalue weighted by atomic mass is 127. The Kier molecular flexibility index (Phi) is 12.2. The van der Waals surface area contributed by atoms with Crippen LogP contribution in [0.2, 0.25) is 0 Å². The van der Waals surface area contributed by atoms with Crippen molar-refractivity contribution in [2.24, 2.45) is 4.99 Å². The highest BCUT2D eigenvalue weighted by molar-refractivity contribution is 14.0. The van der Waals surface area contributed by atoms with Gasteiger partial charge in [-0.05, 0) is 39.5 Å². The normalized spacial score (nSPS) is 20.8. The monoisotopic (exact) mass is 482 g/mol. The van der Waals surface area contributed by atoms with Gasteiger partial charge in [0, 0.05) is 59.1 Å². The smallest absolute Gasteiger partial charge is 0.251 e. The number of carbonyl (C=O) groups is 1. The quantitative estimate of drug-likeness (QED) is 0.247. The Bertz CT molecular complexity index is 423. The Hall–Kier alpha value is -0.610. The summed E-state index contributed by atoms with van der Waals surface area (Å²) in [6, 6.07) is 0. The Labute approximate surface area is 174 Å². The van der Waals surface area contributed by atoms with Gasteiger partial charge < -0.3 is 24.6 Å². The van der Waals surface area contributed by atoms with Crippen molar-refractivity contribution in [3.63, 3.8) is 0 Å². The van der Waals surface area contributed by atoms with Crippen LogP contribution < -0.4 is 5.32 Å². The fourth-order valence-electron chi connectivity index (χ4n) is 3.19. The van der Waals surface area contributed by atoms with Gasteiger partial charge in [-0.2, -0.15) is 0 Å². The Morgan fingerprint density at radius 3 is 2.54 bits per heavy atom. The molecule has 2 rings (SSSR count). The third kappa shape index (κ3) is 7.56. The molecular formula is C18H35IN4O3. The second-order valence-corrected chi connectivity index (χ2v) is 6.45. The zero-order valence-electron chi connectivity index (χ0n) is 16.2. The molecule has 7 nitrogen and oxygen atoms in total. The number of nitrogens with zero attached hydrogens (tertiary/aromatic N) is 3. The zero-order valence-corrected chi connectivity index (χ0v) is 18.6. The molecule has 2 heterocycles. The van der Waals surface area contributed by atoms with Gasteiger partial charge in [0.2, 0.25) is 0 Å². The average molecular weight is 482 g/mol. The second-order valence-electron chi connectivity index (χ2n) is 6.45. The van der Waals surface area contributed by atoms with Gasteiger partial charge in [-0.15, -0.1) is 24.0 Å². The summed E-state index contributed by atoms with van der Waals surface area (Å²) in [7, 11) is 0. The molecule has 0 saturated carbocycles. The van der Waals surface area contributed by atoms with E-state index >= 15 is 0 Å². The summed E-state index contributed by atoms with van der Waals surface area (Å²) in [6.07, 6.45) is 3.73.